The highest BCUT2D eigenvalue weighted by atomic mass is 32.1. The Labute approximate surface area is 166 Å². The first kappa shape index (κ1) is 20.3. The molecule has 6 heteroatoms. The Morgan fingerprint density at radius 3 is 2.63 bits per heavy atom. The van der Waals surface area contributed by atoms with E-state index in [1.165, 1.54) is 17.8 Å². The molecule has 1 fully saturated rings. The summed E-state index contributed by atoms with van der Waals surface area (Å²) in [5.74, 6) is -0.607. The normalized spacial score (nSPS) is 24.5. The van der Waals surface area contributed by atoms with Gasteiger partial charge in [0.25, 0.3) is 0 Å². The molecule has 5 nitrogen and oxygen atoms in total. The zero-order chi connectivity index (χ0) is 19.8. The van der Waals surface area contributed by atoms with Crippen molar-refractivity contribution in [3.8, 4) is 0 Å². The summed E-state index contributed by atoms with van der Waals surface area (Å²) in [6.07, 6.45) is 6.93. The molecule has 0 bridgehead atoms. The van der Waals surface area contributed by atoms with Crippen molar-refractivity contribution in [2.45, 2.75) is 58.8 Å². The number of carbonyl (C=O) groups is 2. The van der Waals surface area contributed by atoms with E-state index >= 15 is 0 Å². The maximum Gasteiger partial charge on any atom is 0.339 e. The number of hydrogen-bond donors (Lipinski definition) is 2. The predicted octanol–water partition coefficient (Wildman–Crippen LogP) is 4.27. The maximum absolute atomic E-state index is 13.1. The Kier molecular flexibility index (Phi) is 5.96. The van der Waals surface area contributed by atoms with Gasteiger partial charge in [0.15, 0.2) is 0 Å². The fraction of sp³-hybridized carbons (Fsp3) is 0.714. The van der Waals surface area contributed by atoms with Crippen LogP contribution in [0.1, 0.15) is 66.8 Å². The molecular formula is C21H32N2O3S. The van der Waals surface area contributed by atoms with E-state index in [4.69, 9.17) is 0 Å². The number of amides is 1. The summed E-state index contributed by atoms with van der Waals surface area (Å²) in [5.41, 5.74) is 1.38. The third-order valence-corrected chi connectivity index (χ3v) is 7.28. The summed E-state index contributed by atoms with van der Waals surface area (Å²) >= 11 is 1.48. The molecule has 0 saturated heterocycles. The molecule has 27 heavy (non-hydrogen) atoms. The molecule has 0 spiro atoms. The summed E-state index contributed by atoms with van der Waals surface area (Å²) < 4.78 is 0. The number of nitrogens with one attached hydrogen (secondary N) is 1. The Morgan fingerprint density at radius 1 is 1.26 bits per heavy atom. The van der Waals surface area contributed by atoms with Gasteiger partial charge in [-0.3, -0.25) is 4.79 Å². The quantitative estimate of drug-likeness (QED) is 0.785. The molecule has 0 radical (unpaired) electrons. The van der Waals surface area contributed by atoms with Gasteiger partial charge in [-0.15, -0.1) is 11.3 Å². The van der Waals surface area contributed by atoms with Crippen molar-refractivity contribution in [3.63, 3.8) is 0 Å². The van der Waals surface area contributed by atoms with Crippen molar-refractivity contribution in [1.82, 2.24) is 4.90 Å². The van der Waals surface area contributed by atoms with Gasteiger partial charge < -0.3 is 15.3 Å². The van der Waals surface area contributed by atoms with Gasteiger partial charge in [-0.1, -0.05) is 26.7 Å². The first-order valence-electron chi connectivity index (χ1n) is 10.0. The average molecular weight is 393 g/mol. The zero-order valence-corrected chi connectivity index (χ0v) is 17.7. The molecule has 1 saturated carbocycles. The van der Waals surface area contributed by atoms with Crippen LogP contribution >= 0.6 is 11.3 Å². The van der Waals surface area contributed by atoms with E-state index in [9.17, 15) is 14.7 Å². The van der Waals surface area contributed by atoms with Gasteiger partial charge in [0.1, 0.15) is 5.00 Å². The summed E-state index contributed by atoms with van der Waals surface area (Å²) in [7, 11) is 4.09. The van der Waals surface area contributed by atoms with Crippen LogP contribution in [0.5, 0.6) is 0 Å². The standard InChI is InChI=1S/C21H32N2O3S/c1-21(2)10-9-16-15(11-21)17(20(25)26)19(27-16)22-18(24)14-8-6-5-7-13(14)12-23(3)4/h13-14H,5-12H2,1-4H3,(H,22,24)(H,25,26)/t13-,14+/m0/s1. The molecule has 0 aromatic carbocycles. The third kappa shape index (κ3) is 4.54. The minimum absolute atomic E-state index is 0.00177. The lowest BCUT2D eigenvalue weighted by Crippen LogP contribution is -2.37. The van der Waals surface area contributed by atoms with Crippen LogP contribution in [0.3, 0.4) is 0 Å². The largest absolute Gasteiger partial charge is 0.478 e. The second-order valence-electron chi connectivity index (χ2n) is 9.26. The molecule has 0 aliphatic heterocycles. The van der Waals surface area contributed by atoms with Crippen LogP contribution in [0.2, 0.25) is 0 Å². The number of aryl methyl sites for hydroxylation is 1. The highest BCUT2D eigenvalue weighted by Gasteiger charge is 2.35. The number of anilines is 1. The van der Waals surface area contributed by atoms with E-state index in [0.717, 1.165) is 55.5 Å². The van der Waals surface area contributed by atoms with Crippen molar-refractivity contribution in [1.29, 1.82) is 0 Å². The van der Waals surface area contributed by atoms with Crippen LogP contribution < -0.4 is 5.32 Å². The van der Waals surface area contributed by atoms with Gasteiger partial charge in [0.05, 0.1) is 5.56 Å². The SMILES string of the molecule is CN(C)C[C@@H]1CCCC[C@H]1C(=O)Nc1sc2c(c1C(=O)O)CC(C)(C)CC2. The van der Waals surface area contributed by atoms with E-state index in [0.29, 0.717) is 16.5 Å². The number of rotatable bonds is 5. The molecule has 2 aliphatic rings. The van der Waals surface area contributed by atoms with Gasteiger partial charge in [0, 0.05) is 17.3 Å². The summed E-state index contributed by atoms with van der Waals surface area (Å²) in [4.78, 5) is 28.3. The molecule has 2 aliphatic carbocycles. The van der Waals surface area contributed by atoms with Crippen molar-refractivity contribution in [2.75, 3.05) is 26.0 Å². The van der Waals surface area contributed by atoms with Crippen molar-refractivity contribution in [2.24, 2.45) is 17.3 Å². The topological polar surface area (TPSA) is 69.6 Å². The third-order valence-electron chi connectivity index (χ3n) is 6.07. The smallest absolute Gasteiger partial charge is 0.339 e. The van der Waals surface area contributed by atoms with Crippen LogP contribution in [0, 0.1) is 17.3 Å². The van der Waals surface area contributed by atoms with E-state index in [2.05, 4.69) is 24.1 Å². The number of fused-ring (bicyclic) bond motifs is 1. The number of aromatic carboxylic acids is 1. The Balaban J connectivity index is 1.83. The Bertz CT molecular complexity index is 723. The van der Waals surface area contributed by atoms with Gasteiger partial charge in [-0.05, 0) is 63.1 Å². The molecule has 1 aromatic rings. The van der Waals surface area contributed by atoms with Gasteiger partial charge in [-0.2, -0.15) is 0 Å². The van der Waals surface area contributed by atoms with E-state index in [1.807, 2.05) is 14.1 Å². The number of hydrogen-bond acceptors (Lipinski definition) is 4. The van der Waals surface area contributed by atoms with Crippen molar-refractivity contribution < 1.29 is 14.7 Å². The first-order valence-corrected chi connectivity index (χ1v) is 10.8. The number of carboxylic acids is 1. The predicted molar refractivity (Wildman–Crippen MR) is 110 cm³/mol. The molecule has 1 amide bonds. The number of thiophene rings is 1. The molecule has 2 N–H and O–H groups in total. The van der Waals surface area contributed by atoms with Crippen molar-refractivity contribution >= 4 is 28.2 Å². The fourth-order valence-corrected chi connectivity index (χ4v) is 5.89. The summed E-state index contributed by atoms with van der Waals surface area (Å²) in [6.45, 7) is 5.27. The molecule has 0 unspecified atom stereocenters. The molecule has 1 heterocycles. The van der Waals surface area contributed by atoms with E-state index in [-0.39, 0.29) is 17.2 Å². The second-order valence-corrected chi connectivity index (χ2v) is 10.4. The second kappa shape index (κ2) is 7.92. The molecule has 1 aromatic heterocycles. The average Bonchev–Trinajstić information content (AvgIpc) is 2.90. The molecule has 3 rings (SSSR count). The Hall–Kier alpha value is -1.40. The molecule has 2 atom stereocenters. The van der Waals surface area contributed by atoms with E-state index in [1.54, 1.807) is 0 Å². The van der Waals surface area contributed by atoms with Crippen LogP contribution in [0.15, 0.2) is 0 Å². The van der Waals surface area contributed by atoms with Crippen LogP contribution in [0.25, 0.3) is 0 Å². The zero-order valence-electron chi connectivity index (χ0n) is 16.9. The lowest BCUT2D eigenvalue weighted by atomic mass is 9.76. The van der Waals surface area contributed by atoms with Crippen LogP contribution in [-0.2, 0) is 17.6 Å². The molecule has 150 valence electrons. The summed E-state index contributed by atoms with van der Waals surface area (Å²) in [6, 6.07) is 0. The van der Waals surface area contributed by atoms with Gasteiger partial charge in [0.2, 0.25) is 5.91 Å². The highest BCUT2D eigenvalue weighted by Crippen LogP contribution is 2.44. The van der Waals surface area contributed by atoms with Crippen LogP contribution in [-0.4, -0.2) is 42.5 Å². The van der Waals surface area contributed by atoms with Crippen LogP contribution in [0.4, 0.5) is 5.00 Å². The van der Waals surface area contributed by atoms with Gasteiger partial charge >= 0.3 is 5.97 Å². The fourth-order valence-electron chi connectivity index (χ4n) is 4.68. The molecular weight excluding hydrogens is 360 g/mol. The Morgan fingerprint density at radius 2 is 1.96 bits per heavy atom. The maximum atomic E-state index is 13.1. The minimum atomic E-state index is -0.922. The number of carbonyl (C=O) groups excluding carboxylic acids is 1. The minimum Gasteiger partial charge on any atom is -0.478 e. The number of nitrogens with zero attached hydrogens (tertiary/aromatic N) is 1. The van der Waals surface area contributed by atoms with Gasteiger partial charge in [-0.25, -0.2) is 4.79 Å². The van der Waals surface area contributed by atoms with Crippen molar-refractivity contribution in [3.05, 3.63) is 16.0 Å². The lowest BCUT2D eigenvalue weighted by Gasteiger charge is -2.32. The highest BCUT2D eigenvalue weighted by molar-refractivity contribution is 7.17. The van der Waals surface area contributed by atoms with E-state index < -0.39 is 5.97 Å². The number of carboxylic acid groups (broad SMARTS) is 1. The summed E-state index contributed by atoms with van der Waals surface area (Å²) in [5, 5.41) is 13.4. The lowest BCUT2D eigenvalue weighted by molar-refractivity contribution is -0.122. The first-order chi connectivity index (χ1) is 12.7. The monoisotopic (exact) mass is 392 g/mol.